The summed E-state index contributed by atoms with van der Waals surface area (Å²) in [6, 6.07) is 7.88. The van der Waals surface area contributed by atoms with Gasteiger partial charge in [-0.2, -0.15) is 5.10 Å². The lowest BCUT2D eigenvalue weighted by Gasteiger charge is -2.16. The number of halogens is 2. The number of nitrogens with zero attached hydrogens (tertiary/aromatic N) is 2. The minimum absolute atomic E-state index is 0.138. The molecule has 5 heteroatoms. The maximum absolute atomic E-state index is 13.3. The Bertz CT molecular complexity index is 870. The average molecular weight is 317 g/mol. The Morgan fingerprint density at radius 1 is 1.32 bits per heavy atom. The molecule has 0 saturated carbocycles. The Hall–Kier alpha value is -2.20. The Balaban J connectivity index is 2.40. The van der Waals surface area contributed by atoms with E-state index < -0.39 is 5.82 Å². The van der Waals surface area contributed by atoms with Crippen molar-refractivity contribution in [2.75, 3.05) is 0 Å². The fourth-order valence-corrected chi connectivity index (χ4v) is 2.96. The SMILES string of the molecule is CC(C)c1c(C=O)c(-c2ccc(F)cc2Cl)nn2cccc12. The molecule has 0 unspecified atom stereocenters. The molecule has 0 N–H and O–H groups in total. The second-order valence-electron chi connectivity index (χ2n) is 5.41. The van der Waals surface area contributed by atoms with Gasteiger partial charge in [0.2, 0.25) is 0 Å². The zero-order valence-corrected chi connectivity index (χ0v) is 12.9. The highest BCUT2D eigenvalue weighted by molar-refractivity contribution is 6.33. The standard InChI is InChI=1S/C17H14ClFN2O/c1-10(2)16-13(9-22)17(20-21-7-3-4-15(16)21)12-6-5-11(19)8-14(12)18/h3-10H,1-2H3. The predicted octanol–water partition coefficient (Wildman–Crippen LogP) is 4.73. The fraction of sp³-hybridized carbons (Fsp3) is 0.176. The molecule has 1 aromatic carbocycles. The van der Waals surface area contributed by atoms with Crippen molar-refractivity contribution in [2.45, 2.75) is 19.8 Å². The number of carbonyl (C=O) groups excluding carboxylic acids is 1. The number of aldehydes is 1. The van der Waals surface area contributed by atoms with E-state index in [2.05, 4.69) is 5.10 Å². The Kier molecular flexibility index (Phi) is 3.71. The molecule has 0 saturated heterocycles. The third-order valence-electron chi connectivity index (χ3n) is 3.64. The molecule has 3 nitrogen and oxygen atoms in total. The molecule has 0 aliphatic carbocycles. The van der Waals surface area contributed by atoms with Gasteiger partial charge >= 0.3 is 0 Å². The first kappa shape index (κ1) is 14.7. The molecule has 0 radical (unpaired) electrons. The summed E-state index contributed by atoms with van der Waals surface area (Å²) in [6.07, 6.45) is 2.61. The van der Waals surface area contributed by atoms with E-state index in [4.69, 9.17) is 11.6 Å². The topological polar surface area (TPSA) is 34.4 Å². The smallest absolute Gasteiger partial charge is 0.152 e. The predicted molar refractivity (Wildman–Crippen MR) is 85.1 cm³/mol. The monoisotopic (exact) mass is 316 g/mol. The van der Waals surface area contributed by atoms with Crippen LogP contribution in [0.2, 0.25) is 5.02 Å². The lowest BCUT2D eigenvalue weighted by atomic mass is 9.94. The molecule has 0 fully saturated rings. The summed E-state index contributed by atoms with van der Waals surface area (Å²) in [7, 11) is 0. The van der Waals surface area contributed by atoms with Gasteiger partial charge in [-0.3, -0.25) is 4.79 Å². The van der Waals surface area contributed by atoms with E-state index in [1.807, 2.05) is 32.2 Å². The quantitative estimate of drug-likeness (QED) is 0.655. The first-order valence-corrected chi connectivity index (χ1v) is 7.32. The van der Waals surface area contributed by atoms with E-state index in [1.54, 1.807) is 10.6 Å². The van der Waals surface area contributed by atoms with E-state index >= 15 is 0 Å². The van der Waals surface area contributed by atoms with Gasteiger partial charge in [-0.1, -0.05) is 25.4 Å². The van der Waals surface area contributed by atoms with E-state index in [0.29, 0.717) is 16.8 Å². The van der Waals surface area contributed by atoms with Gasteiger partial charge in [0, 0.05) is 17.3 Å². The third kappa shape index (κ3) is 2.29. The minimum Gasteiger partial charge on any atom is -0.298 e. The van der Waals surface area contributed by atoms with Gasteiger partial charge in [0.15, 0.2) is 6.29 Å². The molecule has 3 rings (SSSR count). The average Bonchev–Trinajstić information content (AvgIpc) is 2.92. The number of carbonyl (C=O) groups is 1. The van der Waals surface area contributed by atoms with Crippen LogP contribution in [0.5, 0.6) is 0 Å². The van der Waals surface area contributed by atoms with Crippen molar-refractivity contribution in [3.05, 3.63) is 58.5 Å². The van der Waals surface area contributed by atoms with Crippen molar-refractivity contribution in [2.24, 2.45) is 0 Å². The number of aromatic nitrogens is 2. The van der Waals surface area contributed by atoms with Gasteiger partial charge in [-0.25, -0.2) is 8.91 Å². The highest BCUT2D eigenvalue weighted by Crippen LogP contribution is 2.34. The van der Waals surface area contributed by atoms with Crippen molar-refractivity contribution in [1.82, 2.24) is 9.61 Å². The summed E-state index contributed by atoms with van der Waals surface area (Å²) >= 11 is 6.14. The molecule has 0 aliphatic heterocycles. The summed E-state index contributed by atoms with van der Waals surface area (Å²) in [6.45, 7) is 4.04. The van der Waals surface area contributed by atoms with Crippen LogP contribution in [0.15, 0.2) is 36.5 Å². The van der Waals surface area contributed by atoms with Crippen LogP contribution in [0.3, 0.4) is 0 Å². The van der Waals surface area contributed by atoms with Crippen molar-refractivity contribution < 1.29 is 9.18 Å². The first-order chi connectivity index (χ1) is 10.5. The number of benzene rings is 1. The summed E-state index contributed by atoms with van der Waals surface area (Å²) in [4.78, 5) is 11.7. The molecule has 0 bridgehead atoms. The fourth-order valence-electron chi connectivity index (χ4n) is 2.71. The lowest BCUT2D eigenvalue weighted by Crippen LogP contribution is -2.07. The summed E-state index contributed by atoms with van der Waals surface area (Å²) < 4.78 is 15.0. The van der Waals surface area contributed by atoms with Crippen LogP contribution < -0.4 is 0 Å². The van der Waals surface area contributed by atoms with Crippen molar-refractivity contribution in [1.29, 1.82) is 0 Å². The van der Waals surface area contributed by atoms with Gasteiger partial charge in [-0.05, 0) is 41.8 Å². The summed E-state index contributed by atoms with van der Waals surface area (Å²) in [5.41, 5.74) is 3.30. The van der Waals surface area contributed by atoms with E-state index in [0.717, 1.165) is 17.4 Å². The van der Waals surface area contributed by atoms with E-state index in [1.165, 1.54) is 12.1 Å². The summed E-state index contributed by atoms with van der Waals surface area (Å²) in [5.74, 6) is -0.286. The molecular weight excluding hydrogens is 303 g/mol. The van der Waals surface area contributed by atoms with Crippen LogP contribution in [0.25, 0.3) is 16.8 Å². The Labute approximate surface area is 132 Å². The molecule has 0 spiro atoms. The molecule has 0 atom stereocenters. The van der Waals surface area contributed by atoms with Crippen LogP contribution in [0.1, 0.15) is 35.7 Å². The highest BCUT2D eigenvalue weighted by atomic mass is 35.5. The second-order valence-corrected chi connectivity index (χ2v) is 5.82. The largest absolute Gasteiger partial charge is 0.298 e. The van der Waals surface area contributed by atoms with Gasteiger partial charge in [-0.15, -0.1) is 0 Å². The summed E-state index contributed by atoms with van der Waals surface area (Å²) in [5, 5.41) is 4.72. The van der Waals surface area contributed by atoms with Crippen molar-refractivity contribution in [3.8, 4) is 11.3 Å². The minimum atomic E-state index is -0.424. The van der Waals surface area contributed by atoms with Crippen LogP contribution in [-0.4, -0.2) is 15.9 Å². The number of hydrogen-bond acceptors (Lipinski definition) is 2. The van der Waals surface area contributed by atoms with E-state index in [-0.39, 0.29) is 10.9 Å². The van der Waals surface area contributed by atoms with Crippen LogP contribution in [-0.2, 0) is 0 Å². The number of rotatable bonds is 3. The van der Waals surface area contributed by atoms with Crippen molar-refractivity contribution >= 4 is 23.4 Å². The van der Waals surface area contributed by atoms with E-state index in [9.17, 15) is 9.18 Å². The maximum Gasteiger partial charge on any atom is 0.152 e. The molecule has 0 aliphatic rings. The third-order valence-corrected chi connectivity index (χ3v) is 3.95. The van der Waals surface area contributed by atoms with Gasteiger partial charge in [0.05, 0.1) is 10.5 Å². The number of hydrogen-bond donors (Lipinski definition) is 0. The second kappa shape index (κ2) is 5.54. The Morgan fingerprint density at radius 2 is 2.09 bits per heavy atom. The van der Waals surface area contributed by atoms with Crippen LogP contribution in [0.4, 0.5) is 4.39 Å². The Morgan fingerprint density at radius 3 is 2.73 bits per heavy atom. The lowest BCUT2D eigenvalue weighted by molar-refractivity contribution is 0.112. The molecule has 112 valence electrons. The molecule has 3 aromatic rings. The van der Waals surface area contributed by atoms with Gasteiger partial charge < -0.3 is 0 Å². The van der Waals surface area contributed by atoms with Crippen LogP contribution in [0, 0.1) is 5.82 Å². The normalized spacial score (nSPS) is 11.3. The number of fused-ring (bicyclic) bond motifs is 1. The molecule has 2 heterocycles. The van der Waals surface area contributed by atoms with Crippen molar-refractivity contribution in [3.63, 3.8) is 0 Å². The molecular formula is C17H14ClFN2O. The zero-order chi connectivity index (χ0) is 15.9. The molecule has 22 heavy (non-hydrogen) atoms. The zero-order valence-electron chi connectivity index (χ0n) is 12.2. The molecule has 2 aromatic heterocycles. The highest BCUT2D eigenvalue weighted by Gasteiger charge is 2.20. The first-order valence-electron chi connectivity index (χ1n) is 6.94. The molecule has 0 amide bonds. The van der Waals surface area contributed by atoms with Gasteiger partial charge in [0.1, 0.15) is 11.5 Å². The van der Waals surface area contributed by atoms with Gasteiger partial charge in [0.25, 0.3) is 0 Å². The van der Waals surface area contributed by atoms with Crippen LogP contribution >= 0.6 is 11.6 Å². The maximum atomic E-state index is 13.3.